The van der Waals surface area contributed by atoms with Crippen molar-refractivity contribution in [3.05, 3.63) is 64.6 Å². The molecule has 0 spiro atoms. The minimum absolute atomic E-state index is 0.00126. The smallest absolute Gasteiger partial charge is 0.260 e. The van der Waals surface area contributed by atoms with E-state index in [9.17, 15) is 4.79 Å². The number of aryl methyl sites for hydroxylation is 2. The van der Waals surface area contributed by atoms with Crippen molar-refractivity contribution in [2.45, 2.75) is 33.7 Å². The molecule has 5 nitrogen and oxygen atoms in total. The van der Waals surface area contributed by atoms with Crippen LogP contribution in [0.25, 0.3) is 31.9 Å². The van der Waals surface area contributed by atoms with E-state index in [-0.39, 0.29) is 5.56 Å². The number of nitrogens with zero attached hydrogens (tertiary/aromatic N) is 3. The van der Waals surface area contributed by atoms with Crippen LogP contribution in [0.5, 0.6) is 0 Å². The van der Waals surface area contributed by atoms with Crippen LogP contribution < -0.4 is 10.9 Å². The van der Waals surface area contributed by atoms with Gasteiger partial charge in [-0.2, -0.15) is 4.98 Å². The van der Waals surface area contributed by atoms with Gasteiger partial charge in [-0.15, -0.1) is 11.3 Å². The predicted molar refractivity (Wildman–Crippen MR) is 122 cm³/mol. The zero-order valence-corrected chi connectivity index (χ0v) is 17.7. The molecular weight excluding hydrogens is 380 g/mol. The summed E-state index contributed by atoms with van der Waals surface area (Å²) >= 11 is 1.64. The minimum Gasteiger partial charge on any atom is -0.354 e. The highest BCUT2D eigenvalue weighted by Crippen LogP contribution is 2.34. The molecule has 0 aliphatic rings. The van der Waals surface area contributed by atoms with Crippen LogP contribution in [0.3, 0.4) is 0 Å². The number of thiophene rings is 1. The lowest BCUT2D eigenvalue weighted by molar-refractivity contribution is 0.672. The Morgan fingerprint density at radius 3 is 2.52 bits per heavy atom. The average molecular weight is 405 g/mol. The van der Waals surface area contributed by atoms with Gasteiger partial charge in [-0.1, -0.05) is 37.3 Å². The molecule has 6 heteroatoms. The Morgan fingerprint density at radius 1 is 1.03 bits per heavy atom. The number of hydrogen-bond acceptors (Lipinski definition) is 5. The van der Waals surface area contributed by atoms with Crippen LogP contribution in [-0.4, -0.2) is 21.1 Å². The van der Waals surface area contributed by atoms with Gasteiger partial charge in [0.2, 0.25) is 5.95 Å². The lowest BCUT2D eigenvalue weighted by Crippen LogP contribution is -2.23. The van der Waals surface area contributed by atoms with E-state index in [2.05, 4.69) is 40.4 Å². The first-order valence-electron chi connectivity index (χ1n) is 9.94. The van der Waals surface area contributed by atoms with Crippen LogP contribution in [0.15, 0.2) is 53.3 Å². The summed E-state index contributed by atoms with van der Waals surface area (Å²) in [6.45, 7) is 7.41. The lowest BCUT2D eigenvalue weighted by Gasteiger charge is -2.13. The topological polar surface area (TPSA) is 59.8 Å². The molecule has 0 unspecified atom stereocenters. The van der Waals surface area contributed by atoms with E-state index in [4.69, 9.17) is 0 Å². The first-order valence-corrected chi connectivity index (χ1v) is 10.8. The molecule has 3 aromatic heterocycles. The van der Waals surface area contributed by atoms with E-state index in [1.807, 2.05) is 44.2 Å². The third kappa shape index (κ3) is 3.68. The second-order valence-electron chi connectivity index (χ2n) is 6.94. The minimum atomic E-state index is 0.00126. The molecule has 0 atom stereocenters. The molecule has 0 amide bonds. The maximum absolute atomic E-state index is 13.4. The van der Waals surface area contributed by atoms with Gasteiger partial charge in [0.1, 0.15) is 5.65 Å². The summed E-state index contributed by atoms with van der Waals surface area (Å²) in [5.41, 5.74) is 3.44. The van der Waals surface area contributed by atoms with E-state index in [1.54, 1.807) is 15.9 Å². The molecule has 29 heavy (non-hydrogen) atoms. The summed E-state index contributed by atoms with van der Waals surface area (Å²) in [4.78, 5) is 24.7. The number of anilines is 1. The van der Waals surface area contributed by atoms with Crippen LogP contribution in [0, 0.1) is 6.92 Å². The number of hydrogen-bond donors (Lipinski definition) is 1. The maximum Gasteiger partial charge on any atom is 0.260 e. The molecule has 0 fully saturated rings. The molecule has 0 bridgehead atoms. The summed E-state index contributed by atoms with van der Waals surface area (Å²) in [7, 11) is 0. The van der Waals surface area contributed by atoms with Gasteiger partial charge in [0, 0.05) is 28.2 Å². The highest BCUT2D eigenvalue weighted by atomic mass is 32.1. The van der Waals surface area contributed by atoms with Crippen molar-refractivity contribution in [1.82, 2.24) is 14.5 Å². The number of nitrogens with one attached hydrogen (secondary N) is 1. The van der Waals surface area contributed by atoms with E-state index >= 15 is 0 Å². The zero-order valence-electron chi connectivity index (χ0n) is 16.9. The fourth-order valence-electron chi connectivity index (χ4n) is 3.47. The summed E-state index contributed by atoms with van der Waals surface area (Å²) in [5.74, 6) is 0.567. The number of pyridine rings is 1. The largest absolute Gasteiger partial charge is 0.354 e. The number of fused-ring (bicyclic) bond motifs is 1. The SMILES string of the molecule is CCCn1c(=O)c(-c2ccc(-c3ccccc3)s2)cc2c(C)nc(NCC)nc21. The van der Waals surface area contributed by atoms with E-state index in [1.165, 1.54) is 0 Å². The maximum atomic E-state index is 13.4. The Labute approximate surface area is 174 Å². The van der Waals surface area contributed by atoms with Crippen LogP contribution in [0.2, 0.25) is 0 Å². The fourth-order valence-corrected chi connectivity index (χ4v) is 4.49. The van der Waals surface area contributed by atoms with Gasteiger partial charge in [0.05, 0.1) is 11.3 Å². The molecule has 148 valence electrons. The van der Waals surface area contributed by atoms with Gasteiger partial charge in [-0.25, -0.2) is 4.98 Å². The molecule has 0 radical (unpaired) electrons. The third-order valence-corrected chi connectivity index (χ3v) is 6.02. The predicted octanol–water partition coefficient (Wildman–Crippen LogP) is 5.34. The molecule has 0 aliphatic carbocycles. The van der Waals surface area contributed by atoms with Crippen LogP contribution in [-0.2, 0) is 6.54 Å². The fraction of sp³-hybridized carbons (Fsp3) is 0.261. The molecule has 1 aromatic carbocycles. The molecule has 0 aliphatic heterocycles. The summed E-state index contributed by atoms with van der Waals surface area (Å²) < 4.78 is 1.79. The third-order valence-electron chi connectivity index (χ3n) is 4.85. The molecule has 3 heterocycles. The van der Waals surface area contributed by atoms with Crippen molar-refractivity contribution in [3.63, 3.8) is 0 Å². The molecular formula is C23H24N4OS. The first-order chi connectivity index (χ1) is 14.1. The number of rotatable bonds is 6. The average Bonchev–Trinajstić information content (AvgIpc) is 3.21. The Balaban J connectivity index is 1.91. The van der Waals surface area contributed by atoms with E-state index in [0.29, 0.717) is 23.7 Å². The van der Waals surface area contributed by atoms with Crippen LogP contribution in [0.1, 0.15) is 26.0 Å². The quantitative estimate of drug-likeness (QED) is 0.471. The molecule has 0 saturated heterocycles. The van der Waals surface area contributed by atoms with E-state index < -0.39 is 0 Å². The number of benzene rings is 1. The molecule has 0 saturated carbocycles. The van der Waals surface area contributed by atoms with Gasteiger partial charge < -0.3 is 5.32 Å². The van der Waals surface area contributed by atoms with Crippen LogP contribution >= 0.6 is 11.3 Å². The number of aromatic nitrogens is 3. The second-order valence-corrected chi connectivity index (χ2v) is 8.03. The van der Waals surface area contributed by atoms with Crippen molar-refractivity contribution in [2.75, 3.05) is 11.9 Å². The van der Waals surface area contributed by atoms with Gasteiger partial charge in [0.25, 0.3) is 5.56 Å². The zero-order chi connectivity index (χ0) is 20.4. The van der Waals surface area contributed by atoms with Crippen molar-refractivity contribution < 1.29 is 0 Å². The Morgan fingerprint density at radius 2 is 1.79 bits per heavy atom. The monoisotopic (exact) mass is 404 g/mol. The highest BCUT2D eigenvalue weighted by molar-refractivity contribution is 7.18. The Hall–Kier alpha value is -2.99. The summed E-state index contributed by atoms with van der Waals surface area (Å²) in [6.07, 6.45) is 0.859. The van der Waals surface area contributed by atoms with Crippen molar-refractivity contribution in [1.29, 1.82) is 0 Å². The summed E-state index contributed by atoms with van der Waals surface area (Å²) in [5, 5.41) is 4.08. The van der Waals surface area contributed by atoms with Gasteiger partial charge in [0.15, 0.2) is 0 Å². The first kappa shape index (κ1) is 19.3. The van der Waals surface area contributed by atoms with Gasteiger partial charge in [-0.05, 0) is 44.0 Å². The molecule has 4 aromatic rings. The van der Waals surface area contributed by atoms with Gasteiger partial charge >= 0.3 is 0 Å². The van der Waals surface area contributed by atoms with Crippen molar-refractivity contribution in [2.24, 2.45) is 0 Å². The normalized spacial score (nSPS) is 11.1. The van der Waals surface area contributed by atoms with Crippen molar-refractivity contribution in [3.8, 4) is 20.9 Å². The Bertz CT molecular complexity index is 1210. The van der Waals surface area contributed by atoms with Gasteiger partial charge in [-0.3, -0.25) is 9.36 Å². The standard InChI is InChI=1S/C23H24N4OS/c1-4-13-27-21-17(15(3)25-23(26-21)24-5-2)14-18(22(27)28)20-12-11-19(29-20)16-9-7-6-8-10-16/h6-12,14H,4-5,13H2,1-3H3,(H,24,25,26). The highest BCUT2D eigenvalue weighted by Gasteiger charge is 2.16. The second kappa shape index (κ2) is 8.17. The molecule has 4 rings (SSSR count). The Kier molecular flexibility index (Phi) is 5.45. The van der Waals surface area contributed by atoms with Crippen molar-refractivity contribution >= 4 is 28.3 Å². The lowest BCUT2D eigenvalue weighted by atomic mass is 10.1. The summed E-state index contributed by atoms with van der Waals surface area (Å²) in [6, 6.07) is 16.3. The van der Waals surface area contributed by atoms with Crippen LogP contribution in [0.4, 0.5) is 5.95 Å². The van der Waals surface area contributed by atoms with E-state index in [0.717, 1.165) is 39.4 Å². The molecule has 1 N–H and O–H groups in total.